The molecule has 0 aromatic heterocycles. The van der Waals surface area contributed by atoms with Crippen LogP contribution in [0.1, 0.15) is 34.4 Å². The van der Waals surface area contributed by atoms with E-state index in [1.807, 2.05) is 54.6 Å². The molecule has 1 fully saturated rings. The van der Waals surface area contributed by atoms with Crippen LogP contribution in [0.25, 0.3) is 0 Å². The number of ether oxygens (including phenoxy) is 1. The van der Waals surface area contributed by atoms with Crippen molar-refractivity contribution >= 4 is 6.09 Å². The monoisotopic (exact) mass is 357 g/mol. The standard InChI is InChI=1S/C23H16FNO2/c24-20-12-5-4-11-19(20)22-21(25-23(26)27-22)18-10-6-9-17(15-18)14-13-16-7-2-1-3-8-16/h1-12,15,21-22H,(H,25,26)/t21-,22-/m1/s1. The van der Waals surface area contributed by atoms with Crippen LogP contribution in [0.5, 0.6) is 0 Å². The van der Waals surface area contributed by atoms with E-state index in [-0.39, 0.29) is 0 Å². The van der Waals surface area contributed by atoms with Gasteiger partial charge < -0.3 is 10.1 Å². The van der Waals surface area contributed by atoms with Crippen LogP contribution in [0.4, 0.5) is 9.18 Å². The van der Waals surface area contributed by atoms with E-state index in [0.717, 1.165) is 16.7 Å². The second-order valence-corrected chi connectivity index (χ2v) is 6.21. The highest BCUT2D eigenvalue weighted by Crippen LogP contribution is 2.37. The van der Waals surface area contributed by atoms with Gasteiger partial charge >= 0.3 is 6.09 Å². The quantitative estimate of drug-likeness (QED) is 0.672. The molecule has 0 bridgehead atoms. The minimum Gasteiger partial charge on any atom is -0.439 e. The van der Waals surface area contributed by atoms with Crippen LogP contribution < -0.4 is 5.32 Å². The molecule has 1 amide bonds. The summed E-state index contributed by atoms with van der Waals surface area (Å²) < 4.78 is 19.5. The molecule has 1 aliphatic heterocycles. The SMILES string of the molecule is O=C1N[C@H](c2cccc(C#Cc3ccccc3)c2)[C@@H](c2ccccc2F)O1. The molecular weight excluding hydrogens is 341 g/mol. The van der Waals surface area contributed by atoms with Crippen LogP contribution in [0.3, 0.4) is 0 Å². The van der Waals surface area contributed by atoms with Gasteiger partial charge in [-0.2, -0.15) is 0 Å². The number of carbonyl (C=O) groups excluding carboxylic acids is 1. The van der Waals surface area contributed by atoms with Crippen molar-refractivity contribution in [3.05, 3.63) is 107 Å². The summed E-state index contributed by atoms with van der Waals surface area (Å²) in [6, 6.07) is 23.1. The molecule has 2 atom stereocenters. The summed E-state index contributed by atoms with van der Waals surface area (Å²) in [4.78, 5) is 11.8. The minimum atomic E-state index is -0.726. The number of benzene rings is 3. The fourth-order valence-corrected chi connectivity index (χ4v) is 3.10. The first-order chi connectivity index (χ1) is 13.2. The minimum absolute atomic E-state index is 0.349. The zero-order valence-electron chi connectivity index (χ0n) is 14.4. The topological polar surface area (TPSA) is 38.3 Å². The second-order valence-electron chi connectivity index (χ2n) is 6.21. The molecule has 0 saturated carbocycles. The van der Waals surface area contributed by atoms with E-state index in [4.69, 9.17) is 4.74 Å². The summed E-state index contributed by atoms with van der Waals surface area (Å²) in [5.41, 5.74) is 2.89. The van der Waals surface area contributed by atoms with E-state index in [0.29, 0.717) is 5.56 Å². The maximum absolute atomic E-state index is 14.2. The largest absolute Gasteiger partial charge is 0.439 e. The number of rotatable bonds is 2. The lowest BCUT2D eigenvalue weighted by Gasteiger charge is -2.18. The van der Waals surface area contributed by atoms with Crippen molar-refractivity contribution in [2.75, 3.05) is 0 Å². The van der Waals surface area contributed by atoms with Crippen molar-refractivity contribution in [1.29, 1.82) is 0 Å². The Morgan fingerprint density at radius 2 is 1.56 bits per heavy atom. The zero-order valence-corrected chi connectivity index (χ0v) is 14.4. The van der Waals surface area contributed by atoms with E-state index in [2.05, 4.69) is 17.2 Å². The van der Waals surface area contributed by atoms with Gasteiger partial charge in [-0.25, -0.2) is 9.18 Å². The van der Waals surface area contributed by atoms with Crippen LogP contribution in [0.2, 0.25) is 0 Å². The van der Waals surface area contributed by atoms with Crippen molar-refractivity contribution < 1.29 is 13.9 Å². The fourth-order valence-electron chi connectivity index (χ4n) is 3.10. The van der Waals surface area contributed by atoms with Crippen LogP contribution in [0.15, 0.2) is 78.9 Å². The Bertz CT molecular complexity index is 1040. The number of alkyl carbamates (subject to hydrolysis) is 1. The molecule has 132 valence electrons. The Morgan fingerprint density at radius 1 is 0.852 bits per heavy atom. The molecule has 1 heterocycles. The first-order valence-corrected chi connectivity index (χ1v) is 8.59. The number of cyclic esters (lactones) is 1. The number of amides is 1. The van der Waals surface area contributed by atoms with Gasteiger partial charge in [0.05, 0.1) is 6.04 Å². The molecule has 0 unspecified atom stereocenters. The van der Waals surface area contributed by atoms with Crippen molar-refractivity contribution in [2.24, 2.45) is 0 Å². The average Bonchev–Trinajstić information content (AvgIpc) is 3.09. The third kappa shape index (κ3) is 3.68. The molecule has 0 radical (unpaired) electrons. The lowest BCUT2D eigenvalue weighted by atomic mass is 9.95. The van der Waals surface area contributed by atoms with Gasteiger partial charge in [0.1, 0.15) is 5.82 Å². The maximum atomic E-state index is 14.2. The summed E-state index contributed by atoms with van der Waals surface area (Å²) in [7, 11) is 0. The Labute approximate surface area is 156 Å². The van der Waals surface area contributed by atoms with Gasteiger partial charge in [0.2, 0.25) is 0 Å². The van der Waals surface area contributed by atoms with Crippen molar-refractivity contribution in [3.63, 3.8) is 0 Å². The van der Waals surface area contributed by atoms with Crippen LogP contribution in [-0.4, -0.2) is 6.09 Å². The van der Waals surface area contributed by atoms with Gasteiger partial charge in [0.15, 0.2) is 6.10 Å². The molecule has 27 heavy (non-hydrogen) atoms. The number of hydrogen-bond donors (Lipinski definition) is 1. The maximum Gasteiger partial charge on any atom is 0.408 e. The molecule has 3 aromatic rings. The van der Waals surface area contributed by atoms with Gasteiger partial charge in [-0.1, -0.05) is 60.4 Å². The molecule has 3 aromatic carbocycles. The van der Waals surface area contributed by atoms with Crippen LogP contribution in [-0.2, 0) is 4.74 Å². The van der Waals surface area contributed by atoms with E-state index >= 15 is 0 Å². The number of carbonyl (C=O) groups is 1. The molecule has 0 spiro atoms. The Balaban J connectivity index is 1.65. The summed E-state index contributed by atoms with van der Waals surface area (Å²) in [6.07, 6.45) is -1.29. The Hall–Kier alpha value is -3.58. The Morgan fingerprint density at radius 3 is 2.37 bits per heavy atom. The van der Waals surface area contributed by atoms with Gasteiger partial charge in [0.25, 0.3) is 0 Å². The fraction of sp³-hybridized carbons (Fsp3) is 0.0870. The predicted molar refractivity (Wildman–Crippen MR) is 100 cm³/mol. The molecule has 1 N–H and O–H groups in total. The summed E-state index contributed by atoms with van der Waals surface area (Å²) in [5, 5.41) is 2.77. The van der Waals surface area contributed by atoms with Gasteiger partial charge in [-0.15, -0.1) is 0 Å². The third-order valence-corrected chi connectivity index (χ3v) is 4.39. The normalized spacial score (nSPS) is 18.2. The van der Waals surface area contributed by atoms with Gasteiger partial charge in [-0.05, 0) is 35.9 Å². The van der Waals surface area contributed by atoms with Crippen LogP contribution >= 0.6 is 0 Å². The van der Waals surface area contributed by atoms with Crippen molar-refractivity contribution in [2.45, 2.75) is 12.1 Å². The van der Waals surface area contributed by atoms with E-state index in [1.165, 1.54) is 6.07 Å². The number of hydrogen-bond acceptors (Lipinski definition) is 2. The highest BCUT2D eigenvalue weighted by atomic mass is 19.1. The van der Waals surface area contributed by atoms with Crippen molar-refractivity contribution in [3.8, 4) is 11.8 Å². The summed E-state index contributed by atoms with van der Waals surface area (Å²) in [5.74, 6) is 5.84. The molecule has 0 aliphatic carbocycles. The molecule has 1 aliphatic rings. The molecule has 4 heteroatoms. The highest BCUT2D eigenvalue weighted by Gasteiger charge is 2.37. The Kier molecular flexibility index (Phi) is 4.59. The third-order valence-electron chi connectivity index (χ3n) is 4.39. The number of halogens is 1. The summed E-state index contributed by atoms with van der Waals surface area (Å²) >= 11 is 0. The van der Waals surface area contributed by atoms with E-state index in [9.17, 15) is 9.18 Å². The van der Waals surface area contributed by atoms with Gasteiger partial charge in [-0.3, -0.25) is 0 Å². The van der Waals surface area contributed by atoms with E-state index in [1.54, 1.807) is 18.2 Å². The highest BCUT2D eigenvalue weighted by molar-refractivity contribution is 5.71. The lowest BCUT2D eigenvalue weighted by molar-refractivity contribution is 0.130. The second kappa shape index (κ2) is 7.35. The average molecular weight is 357 g/mol. The molecule has 4 rings (SSSR count). The molecular formula is C23H16FNO2. The molecule has 1 saturated heterocycles. The van der Waals surface area contributed by atoms with Crippen molar-refractivity contribution in [1.82, 2.24) is 5.32 Å². The number of nitrogens with one attached hydrogen (secondary N) is 1. The van der Waals surface area contributed by atoms with E-state index < -0.39 is 24.1 Å². The van der Waals surface area contributed by atoms with Gasteiger partial charge in [0, 0.05) is 16.7 Å². The smallest absolute Gasteiger partial charge is 0.408 e. The summed E-state index contributed by atoms with van der Waals surface area (Å²) in [6.45, 7) is 0. The van der Waals surface area contributed by atoms with Crippen LogP contribution in [0, 0.1) is 17.7 Å². The first-order valence-electron chi connectivity index (χ1n) is 8.59. The lowest BCUT2D eigenvalue weighted by Crippen LogP contribution is -2.20. The molecule has 3 nitrogen and oxygen atoms in total. The predicted octanol–water partition coefficient (Wildman–Crippen LogP) is 4.75. The zero-order chi connectivity index (χ0) is 18.6. The first kappa shape index (κ1) is 16.9.